The maximum Gasteiger partial charge on any atom is 0.109 e. The van der Waals surface area contributed by atoms with Gasteiger partial charge in [0.25, 0.3) is 0 Å². The van der Waals surface area contributed by atoms with Gasteiger partial charge in [0, 0.05) is 38.4 Å². The number of likely N-dealkylation sites (tertiary alicyclic amines) is 1. The Hall–Kier alpha value is -0.870. The number of aliphatic hydroxyl groups is 1. The Morgan fingerprint density at radius 2 is 2.47 bits per heavy atom. The van der Waals surface area contributed by atoms with Crippen LogP contribution in [0.15, 0.2) is 12.4 Å². The zero-order valence-corrected chi connectivity index (χ0v) is 9.26. The third kappa shape index (κ3) is 2.38. The predicted octanol–water partition coefficient (Wildman–Crippen LogP) is 0.419. The smallest absolute Gasteiger partial charge is 0.109 e. The van der Waals surface area contributed by atoms with Crippen molar-refractivity contribution in [2.24, 2.45) is 7.05 Å². The van der Waals surface area contributed by atoms with Gasteiger partial charge in [-0.2, -0.15) is 0 Å². The molecule has 4 nitrogen and oxygen atoms in total. The van der Waals surface area contributed by atoms with Crippen molar-refractivity contribution < 1.29 is 5.11 Å². The van der Waals surface area contributed by atoms with Gasteiger partial charge in [0.15, 0.2) is 0 Å². The van der Waals surface area contributed by atoms with Crippen molar-refractivity contribution in [3.63, 3.8) is 0 Å². The van der Waals surface area contributed by atoms with Gasteiger partial charge >= 0.3 is 0 Å². The highest BCUT2D eigenvalue weighted by Gasteiger charge is 2.23. The molecule has 15 heavy (non-hydrogen) atoms. The second-order valence-corrected chi connectivity index (χ2v) is 4.22. The van der Waals surface area contributed by atoms with Crippen LogP contribution in [0.25, 0.3) is 0 Å². The van der Waals surface area contributed by atoms with E-state index in [1.165, 1.54) is 6.42 Å². The van der Waals surface area contributed by atoms with Crippen LogP contribution in [0.1, 0.15) is 18.7 Å². The second kappa shape index (κ2) is 4.77. The Balaban J connectivity index is 1.85. The summed E-state index contributed by atoms with van der Waals surface area (Å²) in [6, 6.07) is 0.380. The fourth-order valence-electron chi connectivity index (χ4n) is 2.28. The van der Waals surface area contributed by atoms with Gasteiger partial charge in [0.2, 0.25) is 0 Å². The quantitative estimate of drug-likeness (QED) is 0.781. The lowest BCUT2D eigenvalue weighted by Crippen LogP contribution is -2.34. The molecule has 0 aromatic carbocycles. The highest BCUT2D eigenvalue weighted by Crippen LogP contribution is 2.16. The average molecular weight is 209 g/mol. The summed E-state index contributed by atoms with van der Waals surface area (Å²) < 4.78 is 2.06. The fraction of sp³-hybridized carbons (Fsp3) is 0.727. The summed E-state index contributed by atoms with van der Waals surface area (Å²) in [4.78, 5) is 6.67. The number of hydrogen-bond donors (Lipinski definition) is 1. The van der Waals surface area contributed by atoms with Crippen LogP contribution in [0.2, 0.25) is 0 Å². The van der Waals surface area contributed by atoms with E-state index in [-0.39, 0.29) is 0 Å². The molecule has 2 rings (SSSR count). The van der Waals surface area contributed by atoms with Crippen molar-refractivity contribution >= 4 is 0 Å². The number of nitrogens with zero attached hydrogens (tertiary/aromatic N) is 3. The van der Waals surface area contributed by atoms with E-state index in [2.05, 4.69) is 14.5 Å². The van der Waals surface area contributed by atoms with Gasteiger partial charge < -0.3 is 9.67 Å². The van der Waals surface area contributed by atoms with Crippen LogP contribution in [0, 0.1) is 0 Å². The molecule has 0 amide bonds. The molecule has 1 saturated heterocycles. The summed E-state index contributed by atoms with van der Waals surface area (Å²) >= 11 is 0. The molecule has 1 aromatic rings. The van der Waals surface area contributed by atoms with Crippen LogP contribution in [-0.2, 0) is 13.5 Å². The molecule has 0 bridgehead atoms. The van der Waals surface area contributed by atoms with E-state index >= 15 is 0 Å². The van der Waals surface area contributed by atoms with Gasteiger partial charge in [0.05, 0.1) is 6.61 Å². The Morgan fingerprint density at radius 3 is 3.13 bits per heavy atom. The van der Waals surface area contributed by atoms with Crippen LogP contribution in [0.3, 0.4) is 0 Å². The molecule has 0 radical (unpaired) electrons. The van der Waals surface area contributed by atoms with Crippen LogP contribution in [0.4, 0.5) is 0 Å². The number of aromatic nitrogens is 2. The van der Waals surface area contributed by atoms with Gasteiger partial charge in [0.1, 0.15) is 5.82 Å². The molecule has 0 saturated carbocycles. The van der Waals surface area contributed by atoms with Gasteiger partial charge in [-0.05, 0) is 19.4 Å². The van der Waals surface area contributed by atoms with E-state index in [4.69, 9.17) is 0 Å². The van der Waals surface area contributed by atoms with Crippen LogP contribution < -0.4 is 0 Å². The lowest BCUT2D eigenvalue weighted by atomic mass is 10.2. The van der Waals surface area contributed by atoms with E-state index in [1.807, 2.05) is 19.4 Å². The van der Waals surface area contributed by atoms with Gasteiger partial charge in [-0.1, -0.05) is 0 Å². The Labute approximate surface area is 90.5 Å². The summed E-state index contributed by atoms with van der Waals surface area (Å²) in [6.45, 7) is 2.42. The molecule has 1 aliphatic rings. The SMILES string of the molecule is Cn1ccnc1CCN1CCCC1CO. The standard InChI is InChI=1S/C11H19N3O/c1-13-8-5-12-11(13)4-7-14-6-2-3-10(14)9-15/h5,8,10,15H,2-4,6-7,9H2,1H3. The first-order chi connectivity index (χ1) is 7.31. The summed E-state index contributed by atoms with van der Waals surface area (Å²) in [7, 11) is 2.02. The van der Waals surface area contributed by atoms with E-state index in [9.17, 15) is 5.11 Å². The van der Waals surface area contributed by atoms with E-state index in [1.54, 1.807) is 0 Å². The van der Waals surface area contributed by atoms with Gasteiger partial charge in [-0.25, -0.2) is 4.98 Å². The molecule has 2 heterocycles. The van der Waals surface area contributed by atoms with Crippen molar-refractivity contribution in [3.05, 3.63) is 18.2 Å². The third-order valence-corrected chi connectivity index (χ3v) is 3.25. The Kier molecular flexibility index (Phi) is 3.38. The lowest BCUT2D eigenvalue weighted by Gasteiger charge is -2.22. The Morgan fingerprint density at radius 1 is 1.60 bits per heavy atom. The molecule has 0 aliphatic carbocycles. The third-order valence-electron chi connectivity index (χ3n) is 3.25. The monoisotopic (exact) mass is 209 g/mol. The lowest BCUT2D eigenvalue weighted by molar-refractivity contribution is 0.159. The maximum absolute atomic E-state index is 9.19. The zero-order valence-electron chi connectivity index (χ0n) is 9.26. The molecule has 4 heteroatoms. The van der Waals surface area contributed by atoms with Crippen LogP contribution >= 0.6 is 0 Å². The molecular weight excluding hydrogens is 190 g/mol. The van der Waals surface area contributed by atoms with Crippen LogP contribution in [-0.4, -0.2) is 45.3 Å². The average Bonchev–Trinajstić information content (AvgIpc) is 2.83. The predicted molar refractivity (Wildman–Crippen MR) is 58.6 cm³/mol. The maximum atomic E-state index is 9.19. The molecule has 1 unspecified atom stereocenters. The first kappa shape index (κ1) is 10.6. The number of rotatable bonds is 4. The summed E-state index contributed by atoms with van der Waals surface area (Å²) in [5, 5.41) is 9.19. The molecule has 0 spiro atoms. The van der Waals surface area contributed by atoms with E-state index in [0.29, 0.717) is 12.6 Å². The number of aliphatic hydroxyl groups excluding tert-OH is 1. The topological polar surface area (TPSA) is 41.3 Å². The summed E-state index contributed by atoms with van der Waals surface area (Å²) in [5.41, 5.74) is 0. The number of imidazole rings is 1. The minimum atomic E-state index is 0.292. The summed E-state index contributed by atoms with van der Waals surface area (Å²) in [6.07, 6.45) is 7.13. The van der Waals surface area contributed by atoms with Crippen molar-refractivity contribution in [1.82, 2.24) is 14.5 Å². The zero-order chi connectivity index (χ0) is 10.7. The highest BCUT2D eigenvalue weighted by molar-refractivity contribution is 4.92. The van der Waals surface area contributed by atoms with E-state index in [0.717, 1.165) is 31.8 Å². The highest BCUT2D eigenvalue weighted by atomic mass is 16.3. The fourth-order valence-corrected chi connectivity index (χ4v) is 2.28. The van der Waals surface area contributed by atoms with Crippen molar-refractivity contribution in [2.75, 3.05) is 19.7 Å². The Bertz CT molecular complexity index is 311. The van der Waals surface area contributed by atoms with Gasteiger partial charge in [-0.15, -0.1) is 0 Å². The van der Waals surface area contributed by atoms with E-state index < -0.39 is 0 Å². The van der Waals surface area contributed by atoms with Crippen molar-refractivity contribution in [3.8, 4) is 0 Å². The minimum absolute atomic E-state index is 0.292. The van der Waals surface area contributed by atoms with Gasteiger partial charge in [-0.3, -0.25) is 4.90 Å². The molecule has 1 N–H and O–H groups in total. The molecule has 1 aromatic heterocycles. The molecular formula is C11H19N3O. The number of hydrogen-bond acceptors (Lipinski definition) is 3. The molecule has 1 fully saturated rings. The minimum Gasteiger partial charge on any atom is -0.395 e. The largest absolute Gasteiger partial charge is 0.395 e. The normalized spacial score (nSPS) is 22.4. The molecule has 1 aliphatic heterocycles. The molecule has 84 valence electrons. The molecule has 1 atom stereocenters. The second-order valence-electron chi connectivity index (χ2n) is 4.22. The van der Waals surface area contributed by atoms with Crippen molar-refractivity contribution in [2.45, 2.75) is 25.3 Å². The first-order valence-electron chi connectivity index (χ1n) is 5.62. The first-order valence-corrected chi connectivity index (χ1v) is 5.62. The van der Waals surface area contributed by atoms with Crippen molar-refractivity contribution in [1.29, 1.82) is 0 Å². The summed E-state index contributed by atoms with van der Waals surface area (Å²) in [5.74, 6) is 1.12. The number of aryl methyl sites for hydroxylation is 1. The van der Waals surface area contributed by atoms with Crippen LogP contribution in [0.5, 0.6) is 0 Å².